The zero-order chi connectivity index (χ0) is 20.8. The highest BCUT2D eigenvalue weighted by Crippen LogP contribution is 2.30. The summed E-state index contributed by atoms with van der Waals surface area (Å²) in [6, 6.07) is 23.8. The molecule has 0 saturated heterocycles. The maximum Gasteiger partial charge on any atom is 0.154 e. The van der Waals surface area contributed by atoms with Crippen LogP contribution in [0.2, 0.25) is 0 Å². The first-order valence-corrected chi connectivity index (χ1v) is 10.2. The highest BCUT2D eigenvalue weighted by Gasteiger charge is 2.18. The molecule has 0 amide bonds. The van der Waals surface area contributed by atoms with Crippen LogP contribution in [0.15, 0.2) is 82.9 Å². The maximum absolute atomic E-state index is 5.80. The fourth-order valence-corrected chi connectivity index (χ4v) is 3.23. The summed E-state index contributed by atoms with van der Waals surface area (Å²) in [6.45, 7) is 2.88. The Bertz CT molecular complexity index is 1060. The predicted molar refractivity (Wildman–Crippen MR) is 121 cm³/mol. The van der Waals surface area contributed by atoms with E-state index < -0.39 is 0 Å². The molecular weight excluding hydrogens is 374 g/mol. The first kappa shape index (κ1) is 19.7. The van der Waals surface area contributed by atoms with Gasteiger partial charge in [0.05, 0.1) is 19.4 Å². The van der Waals surface area contributed by atoms with E-state index in [2.05, 4.69) is 12.3 Å². The molecule has 30 heavy (non-hydrogen) atoms. The lowest BCUT2D eigenvalue weighted by molar-refractivity contribution is 0.309. The van der Waals surface area contributed by atoms with Crippen molar-refractivity contribution < 1.29 is 9.47 Å². The summed E-state index contributed by atoms with van der Waals surface area (Å²) in [4.78, 5) is 4.84. The Kier molecular flexibility index (Phi) is 6.09. The van der Waals surface area contributed by atoms with E-state index in [9.17, 15) is 0 Å². The van der Waals surface area contributed by atoms with Crippen LogP contribution in [-0.2, 0) is 0 Å². The van der Waals surface area contributed by atoms with Crippen molar-refractivity contribution in [2.24, 2.45) is 10.1 Å². The first-order valence-electron chi connectivity index (χ1n) is 10.2. The van der Waals surface area contributed by atoms with Gasteiger partial charge in [-0.3, -0.25) is 5.43 Å². The molecule has 0 radical (unpaired) electrons. The van der Waals surface area contributed by atoms with Crippen LogP contribution >= 0.6 is 0 Å². The number of nitrogens with one attached hydrogen (secondary N) is 1. The van der Waals surface area contributed by atoms with Crippen molar-refractivity contribution in [1.29, 1.82) is 0 Å². The van der Waals surface area contributed by atoms with Gasteiger partial charge in [0.1, 0.15) is 17.2 Å². The molecule has 0 saturated carbocycles. The molecule has 152 valence electrons. The summed E-state index contributed by atoms with van der Waals surface area (Å²) in [6.07, 6.45) is 2.16. The number of hydrogen-bond donors (Lipinski definition) is 1. The number of benzene rings is 3. The number of fused-ring (bicyclic) bond motifs is 1. The van der Waals surface area contributed by atoms with Gasteiger partial charge in [0, 0.05) is 16.7 Å². The third-order valence-corrected chi connectivity index (χ3v) is 4.91. The number of rotatable bonds is 7. The van der Waals surface area contributed by atoms with Gasteiger partial charge in [-0.15, -0.1) is 0 Å². The molecule has 0 bridgehead atoms. The zero-order valence-corrected chi connectivity index (χ0v) is 17.3. The summed E-state index contributed by atoms with van der Waals surface area (Å²) in [5.74, 6) is 2.33. The molecule has 1 heterocycles. The second-order valence-corrected chi connectivity index (χ2v) is 7.01. The molecule has 4 rings (SSSR count). The third kappa shape index (κ3) is 4.35. The fourth-order valence-electron chi connectivity index (χ4n) is 3.23. The topological polar surface area (TPSA) is 55.2 Å². The molecule has 0 unspecified atom stereocenters. The Labute approximate surface area is 177 Å². The molecule has 0 aromatic heterocycles. The number of hydrazone groups is 1. The molecule has 1 aliphatic heterocycles. The summed E-state index contributed by atoms with van der Waals surface area (Å²) in [5, 5.41) is 4.71. The molecule has 0 atom stereocenters. The first-order chi connectivity index (χ1) is 14.8. The summed E-state index contributed by atoms with van der Waals surface area (Å²) in [5.41, 5.74) is 7.65. The number of nitrogens with zero attached hydrogens (tertiary/aromatic N) is 2. The minimum absolute atomic E-state index is 0.705. The number of aliphatic imine (C=N–C) groups is 1. The van der Waals surface area contributed by atoms with Crippen LogP contribution in [0.3, 0.4) is 0 Å². The van der Waals surface area contributed by atoms with Crippen molar-refractivity contribution in [2.45, 2.75) is 19.8 Å². The van der Waals surface area contributed by atoms with E-state index in [1.54, 1.807) is 7.11 Å². The lowest BCUT2D eigenvalue weighted by Crippen LogP contribution is -2.19. The van der Waals surface area contributed by atoms with Gasteiger partial charge in [0.25, 0.3) is 0 Å². The Morgan fingerprint density at radius 3 is 2.37 bits per heavy atom. The molecule has 1 N–H and O–H groups in total. The molecule has 0 fully saturated rings. The smallest absolute Gasteiger partial charge is 0.154 e. The van der Waals surface area contributed by atoms with Gasteiger partial charge in [0.2, 0.25) is 0 Å². The van der Waals surface area contributed by atoms with Crippen molar-refractivity contribution in [1.82, 2.24) is 5.43 Å². The summed E-state index contributed by atoms with van der Waals surface area (Å²) >= 11 is 0. The highest BCUT2D eigenvalue weighted by molar-refractivity contribution is 6.18. The standard InChI is InChI=1S/C25H25N3O2/c1-3-4-16-30-20-12-10-18(11-13-20)24-22-17-21(29-2)14-15-23(22)26-25(28-27-24)19-8-6-5-7-9-19/h5-15,17H,3-4,16H2,1-2H3,(H,26,28). The van der Waals surface area contributed by atoms with Crippen LogP contribution in [0.5, 0.6) is 11.5 Å². The molecule has 5 nitrogen and oxygen atoms in total. The fraction of sp³-hybridized carbons (Fsp3) is 0.200. The Balaban J connectivity index is 1.71. The van der Waals surface area contributed by atoms with E-state index in [4.69, 9.17) is 19.6 Å². The van der Waals surface area contributed by atoms with Crippen molar-refractivity contribution in [3.05, 3.63) is 89.5 Å². The summed E-state index contributed by atoms with van der Waals surface area (Å²) in [7, 11) is 1.66. The van der Waals surface area contributed by atoms with E-state index in [0.717, 1.165) is 59.0 Å². The molecule has 3 aromatic carbocycles. The van der Waals surface area contributed by atoms with Crippen molar-refractivity contribution in [2.75, 3.05) is 13.7 Å². The Morgan fingerprint density at radius 1 is 0.867 bits per heavy atom. The lowest BCUT2D eigenvalue weighted by atomic mass is 10.0. The van der Waals surface area contributed by atoms with Crippen LogP contribution in [-0.4, -0.2) is 25.3 Å². The van der Waals surface area contributed by atoms with E-state index in [1.807, 2.05) is 72.8 Å². The van der Waals surface area contributed by atoms with Gasteiger partial charge in [-0.2, -0.15) is 5.10 Å². The van der Waals surface area contributed by atoms with Gasteiger partial charge in [-0.25, -0.2) is 4.99 Å². The highest BCUT2D eigenvalue weighted by atomic mass is 16.5. The second kappa shape index (κ2) is 9.27. The van der Waals surface area contributed by atoms with E-state index in [-0.39, 0.29) is 0 Å². The van der Waals surface area contributed by atoms with Gasteiger partial charge in [-0.1, -0.05) is 43.7 Å². The minimum atomic E-state index is 0.705. The molecule has 1 aliphatic rings. The SMILES string of the molecule is CCCCOc1ccc(C2=NNC(c3ccccc3)=Nc3ccc(OC)cc32)cc1. The van der Waals surface area contributed by atoms with E-state index in [0.29, 0.717) is 5.84 Å². The van der Waals surface area contributed by atoms with Crippen LogP contribution in [0.4, 0.5) is 5.69 Å². The Morgan fingerprint density at radius 2 is 1.63 bits per heavy atom. The van der Waals surface area contributed by atoms with Gasteiger partial charge >= 0.3 is 0 Å². The van der Waals surface area contributed by atoms with Crippen LogP contribution in [0.25, 0.3) is 0 Å². The molecule has 0 aliphatic carbocycles. The van der Waals surface area contributed by atoms with Crippen molar-refractivity contribution in [3.63, 3.8) is 0 Å². The van der Waals surface area contributed by atoms with Gasteiger partial charge in [-0.05, 0) is 48.9 Å². The zero-order valence-electron chi connectivity index (χ0n) is 17.3. The second-order valence-electron chi connectivity index (χ2n) is 7.01. The largest absolute Gasteiger partial charge is 0.497 e. The average molecular weight is 399 g/mol. The van der Waals surface area contributed by atoms with Gasteiger partial charge in [0.15, 0.2) is 5.84 Å². The van der Waals surface area contributed by atoms with Crippen LogP contribution in [0, 0.1) is 0 Å². The van der Waals surface area contributed by atoms with Crippen molar-refractivity contribution >= 4 is 17.2 Å². The van der Waals surface area contributed by atoms with E-state index in [1.165, 1.54) is 0 Å². The average Bonchev–Trinajstić information content (AvgIpc) is 2.99. The normalized spacial score (nSPS) is 12.7. The number of amidine groups is 1. The quantitative estimate of drug-likeness (QED) is 0.548. The molecule has 0 spiro atoms. The monoisotopic (exact) mass is 399 g/mol. The van der Waals surface area contributed by atoms with Gasteiger partial charge < -0.3 is 9.47 Å². The van der Waals surface area contributed by atoms with Crippen molar-refractivity contribution in [3.8, 4) is 11.5 Å². The Hall–Kier alpha value is -3.60. The number of methoxy groups -OCH3 is 1. The summed E-state index contributed by atoms with van der Waals surface area (Å²) < 4.78 is 11.2. The van der Waals surface area contributed by atoms with E-state index >= 15 is 0 Å². The minimum Gasteiger partial charge on any atom is -0.497 e. The lowest BCUT2D eigenvalue weighted by Gasteiger charge is -2.11. The molecule has 5 heteroatoms. The molecule has 3 aromatic rings. The third-order valence-electron chi connectivity index (χ3n) is 4.91. The predicted octanol–water partition coefficient (Wildman–Crippen LogP) is 5.31. The number of unbranched alkanes of at least 4 members (excludes halogenated alkanes) is 1. The molecular formula is C25H25N3O2. The number of ether oxygens (including phenoxy) is 2. The maximum atomic E-state index is 5.80. The van der Waals surface area contributed by atoms with Crippen LogP contribution in [0.1, 0.15) is 36.5 Å². The van der Waals surface area contributed by atoms with Crippen LogP contribution < -0.4 is 14.9 Å². The number of hydrogen-bond acceptors (Lipinski definition) is 5.